The summed E-state index contributed by atoms with van der Waals surface area (Å²) in [5.74, 6) is 0.413. The van der Waals surface area contributed by atoms with E-state index in [1.54, 1.807) is 6.07 Å². The van der Waals surface area contributed by atoms with Gasteiger partial charge in [0.05, 0.1) is 5.52 Å². The Balaban J connectivity index is 2.36. The van der Waals surface area contributed by atoms with Crippen LogP contribution < -0.4 is 5.73 Å². The average Bonchev–Trinajstić information content (AvgIpc) is 2.81. The van der Waals surface area contributed by atoms with Crippen LogP contribution in [0.25, 0.3) is 22.4 Å². The monoisotopic (exact) mass is 269 g/mol. The molecule has 0 aliphatic heterocycles. The predicted molar refractivity (Wildman–Crippen MR) is 80.0 cm³/mol. The van der Waals surface area contributed by atoms with E-state index in [1.165, 1.54) is 6.07 Å². The third-order valence-electron chi connectivity index (χ3n) is 3.50. The van der Waals surface area contributed by atoms with E-state index in [0.717, 1.165) is 16.6 Å². The number of aromatic nitrogens is 2. The van der Waals surface area contributed by atoms with Gasteiger partial charge in [-0.2, -0.15) is 0 Å². The van der Waals surface area contributed by atoms with Gasteiger partial charge in [-0.15, -0.1) is 0 Å². The van der Waals surface area contributed by atoms with Crippen molar-refractivity contribution in [1.29, 1.82) is 0 Å². The van der Waals surface area contributed by atoms with Crippen LogP contribution in [0.1, 0.15) is 12.5 Å². The number of rotatable bonds is 2. The van der Waals surface area contributed by atoms with Gasteiger partial charge in [-0.05, 0) is 38.1 Å². The maximum Gasteiger partial charge on any atom is 0.151 e. The number of anilines is 1. The number of halogens is 1. The third kappa shape index (κ3) is 1.84. The van der Waals surface area contributed by atoms with Gasteiger partial charge < -0.3 is 10.3 Å². The minimum atomic E-state index is -0.304. The van der Waals surface area contributed by atoms with Crippen molar-refractivity contribution in [3.63, 3.8) is 0 Å². The Kier molecular flexibility index (Phi) is 2.93. The summed E-state index contributed by atoms with van der Waals surface area (Å²) in [5.41, 5.74) is 9.85. The average molecular weight is 269 g/mol. The molecule has 3 aromatic rings. The number of imidazole rings is 1. The van der Waals surface area contributed by atoms with E-state index in [2.05, 4.69) is 4.98 Å². The van der Waals surface area contributed by atoms with E-state index >= 15 is 0 Å². The molecule has 0 spiro atoms. The number of benzene rings is 2. The van der Waals surface area contributed by atoms with Crippen LogP contribution in [0.5, 0.6) is 0 Å². The largest absolute Gasteiger partial charge is 0.398 e. The fourth-order valence-electron chi connectivity index (χ4n) is 2.50. The number of aryl methyl sites for hydroxylation is 2. The Hall–Kier alpha value is -2.36. The van der Waals surface area contributed by atoms with Crippen molar-refractivity contribution in [2.75, 3.05) is 5.73 Å². The van der Waals surface area contributed by atoms with Gasteiger partial charge in [0.25, 0.3) is 0 Å². The quantitative estimate of drug-likeness (QED) is 0.720. The molecule has 0 radical (unpaired) electrons. The summed E-state index contributed by atoms with van der Waals surface area (Å²) in [7, 11) is 0. The summed E-state index contributed by atoms with van der Waals surface area (Å²) in [6, 6.07) is 10.8. The van der Waals surface area contributed by atoms with E-state index < -0.39 is 0 Å². The van der Waals surface area contributed by atoms with Gasteiger partial charge in [-0.3, -0.25) is 0 Å². The van der Waals surface area contributed by atoms with Crippen LogP contribution >= 0.6 is 0 Å². The highest BCUT2D eigenvalue weighted by molar-refractivity contribution is 5.84. The summed E-state index contributed by atoms with van der Waals surface area (Å²) in [5, 5.41) is 0. The molecule has 0 aliphatic carbocycles. The van der Waals surface area contributed by atoms with Crippen molar-refractivity contribution < 1.29 is 4.39 Å². The second-order valence-corrected chi connectivity index (χ2v) is 4.88. The zero-order valence-corrected chi connectivity index (χ0v) is 11.5. The first-order chi connectivity index (χ1) is 9.61. The van der Waals surface area contributed by atoms with Gasteiger partial charge in [0.15, 0.2) is 5.82 Å². The topological polar surface area (TPSA) is 43.8 Å². The number of nitrogens with zero attached hydrogens (tertiary/aromatic N) is 2. The number of nitrogens with two attached hydrogens (primary N) is 1. The molecule has 0 bridgehead atoms. The minimum Gasteiger partial charge on any atom is -0.398 e. The molecule has 0 amide bonds. The lowest BCUT2D eigenvalue weighted by atomic mass is 10.1. The summed E-state index contributed by atoms with van der Waals surface area (Å²) in [6.07, 6.45) is 0. The van der Waals surface area contributed by atoms with Crippen molar-refractivity contribution >= 4 is 16.7 Å². The standard InChI is InChI=1S/C16H16FN3/c1-3-20-14-6-4-5-12(17)15(14)19-16(20)11-9-10(2)7-8-13(11)18/h4-9H,3,18H2,1-2H3. The Morgan fingerprint density at radius 1 is 1.25 bits per heavy atom. The van der Waals surface area contributed by atoms with Gasteiger partial charge in [-0.1, -0.05) is 17.7 Å². The second kappa shape index (κ2) is 4.63. The van der Waals surface area contributed by atoms with Crippen LogP contribution in [0.3, 0.4) is 0 Å². The smallest absolute Gasteiger partial charge is 0.151 e. The van der Waals surface area contributed by atoms with Crippen LogP contribution in [0, 0.1) is 12.7 Å². The molecule has 1 aromatic heterocycles. The highest BCUT2D eigenvalue weighted by atomic mass is 19.1. The van der Waals surface area contributed by atoms with Gasteiger partial charge in [0.1, 0.15) is 11.3 Å². The molecule has 0 atom stereocenters. The Labute approximate surface area is 116 Å². The molecule has 3 rings (SSSR count). The first-order valence-electron chi connectivity index (χ1n) is 6.63. The maximum atomic E-state index is 13.9. The number of fused-ring (bicyclic) bond motifs is 1. The predicted octanol–water partition coefficient (Wildman–Crippen LogP) is 3.75. The maximum absolute atomic E-state index is 13.9. The highest BCUT2D eigenvalue weighted by Gasteiger charge is 2.15. The SMILES string of the molecule is CCn1c(-c2cc(C)ccc2N)nc2c(F)cccc21. The van der Waals surface area contributed by atoms with Crippen LogP contribution in [-0.4, -0.2) is 9.55 Å². The van der Waals surface area contributed by atoms with Crippen molar-refractivity contribution in [3.05, 3.63) is 47.8 Å². The lowest BCUT2D eigenvalue weighted by Crippen LogP contribution is -2.00. The highest BCUT2D eigenvalue weighted by Crippen LogP contribution is 2.30. The summed E-state index contributed by atoms with van der Waals surface area (Å²) < 4.78 is 15.9. The number of hydrogen-bond donors (Lipinski definition) is 1. The molecule has 0 saturated heterocycles. The Bertz CT molecular complexity index is 790. The van der Waals surface area contributed by atoms with E-state index in [-0.39, 0.29) is 5.82 Å². The van der Waals surface area contributed by atoms with Gasteiger partial charge >= 0.3 is 0 Å². The van der Waals surface area contributed by atoms with Crippen molar-refractivity contribution in [2.24, 2.45) is 0 Å². The lowest BCUT2D eigenvalue weighted by Gasteiger charge is -2.09. The molecule has 2 N–H and O–H groups in total. The van der Waals surface area contributed by atoms with Crippen molar-refractivity contribution in [2.45, 2.75) is 20.4 Å². The molecule has 0 aliphatic rings. The number of hydrogen-bond acceptors (Lipinski definition) is 2. The number of nitrogen functional groups attached to an aromatic ring is 1. The Morgan fingerprint density at radius 2 is 2.05 bits per heavy atom. The van der Waals surface area contributed by atoms with E-state index in [4.69, 9.17) is 5.73 Å². The van der Waals surface area contributed by atoms with Crippen LogP contribution in [0.4, 0.5) is 10.1 Å². The summed E-state index contributed by atoms with van der Waals surface area (Å²) >= 11 is 0. The van der Waals surface area contributed by atoms with Crippen LogP contribution in [0.2, 0.25) is 0 Å². The molecule has 1 heterocycles. The van der Waals surface area contributed by atoms with Crippen molar-refractivity contribution in [3.8, 4) is 11.4 Å². The molecule has 102 valence electrons. The fourth-order valence-corrected chi connectivity index (χ4v) is 2.50. The molecule has 0 unspecified atom stereocenters. The van der Waals surface area contributed by atoms with Crippen LogP contribution in [-0.2, 0) is 6.54 Å². The molecular formula is C16H16FN3. The van der Waals surface area contributed by atoms with E-state index in [0.29, 0.717) is 23.6 Å². The molecule has 0 saturated carbocycles. The van der Waals surface area contributed by atoms with Crippen molar-refractivity contribution in [1.82, 2.24) is 9.55 Å². The first-order valence-corrected chi connectivity index (χ1v) is 6.63. The zero-order valence-electron chi connectivity index (χ0n) is 11.5. The molecule has 4 heteroatoms. The normalized spacial score (nSPS) is 11.2. The summed E-state index contributed by atoms with van der Waals surface area (Å²) in [6.45, 7) is 4.73. The first kappa shape index (κ1) is 12.7. The number of para-hydroxylation sites is 1. The molecule has 2 aromatic carbocycles. The van der Waals surface area contributed by atoms with E-state index in [1.807, 2.05) is 42.7 Å². The second-order valence-electron chi connectivity index (χ2n) is 4.88. The molecule has 0 fully saturated rings. The van der Waals surface area contributed by atoms with Gasteiger partial charge in [0, 0.05) is 17.8 Å². The minimum absolute atomic E-state index is 0.304. The third-order valence-corrected chi connectivity index (χ3v) is 3.50. The summed E-state index contributed by atoms with van der Waals surface area (Å²) in [4.78, 5) is 4.46. The van der Waals surface area contributed by atoms with E-state index in [9.17, 15) is 4.39 Å². The molecule has 3 nitrogen and oxygen atoms in total. The Morgan fingerprint density at radius 3 is 2.80 bits per heavy atom. The molecular weight excluding hydrogens is 253 g/mol. The fraction of sp³-hybridized carbons (Fsp3) is 0.188. The molecule has 20 heavy (non-hydrogen) atoms. The zero-order chi connectivity index (χ0) is 14.3. The lowest BCUT2D eigenvalue weighted by molar-refractivity contribution is 0.637. The van der Waals surface area contributed by atoms with Gasteiger partial charge in [-0.25, -0.2) is 9.37 Å². The van der Waals surface area contributed by atoms with Gasteiger partial charge in [0.2, 0.25) is 0 Å². The van der Waals surface area contributed by atoms with Crippen LogP contribution in [0.15, 0.2) is 36.4 Å².